The zero-order valence-electron chi connectivity index (χ0n) is 10.0. The van der Waals surface area contributed by atoms with Crippen molar-refractivity contribution in [1.29, 1.82) is 0 Å². The minimum atomic E-state index is 0.315. The summed E-state index contributed by atoms with van der Waals surface area (Å²) in [4.78, 5) is 4.03. The molecule has 1 atom stereocenters. The molecule has 0 amide bonds. The van der Waals surface area contributed by atoms with E-state index in [2.05, 4.69) is 67.3 Å². The third-order valence-corrected chi connectivity index (χ3v) is 4.68. The molecule has 1 unspecified atom stereocenters. The molecule has 0 bridgehead atoms. The maximum atomic E-state index is 4.03. The molecule has 0 aliphatic heterocycles. The lowest BCUT2D eigenvalue weighted by Gasteiger charge is -2.14. The summed E-state index contributed by atoms with van der Waals surface area (Å²) in [7, 11) is 0. The summed E-state index contributed by atoms with van der Waals surface area (Å²) in [6, 6.07) is 10.7. The Kier molecular flexibility index (Phi) is 4.92. The van der Waals surface area contributed by atoms with Gasteiger partial charge in [0.25, 0.3) is 0 Å². The minimum Gasteiger partial charge on any atom is -0.306 e. The van der Waals surface area contributed by atoms with Gasteiger partial charge in [0.15, 0.2) is 0 Å². The van der Waals surface area contributed by atoms with Crippen molar-refractivity contribution in [2.24, 2.45) is 0 Å². The Labute approximate surface area is 124 Å². The first-order chi connectivity index (χ1) is 8.66. The summed E-state index contributed by atoms with van der Waals surface area (Å²) in [6.45, 7) is 3.00. The number of rotatable bonds is 4. The molecule has 2 rings (SSSR count). The first kappa shape index (κ1) is 13.7. The smallest absolute Gasteiger partial charge is 0.0320 e. The normalized spacial score (nSPS) is 12.4. The monoisotopic (exact) mass is 368 g/mol. The van der Waals surface area contributed by atoms with E-state index in [0.717, 1.165) is 15.5 Å². The zero-order valence-corrected chi connectivity index (χ0v) is 13.2. The first-order valence-electron chi connectivity index (χ1n) is 5.74. The number of nitrogens with zero attached hydrogens (tertiary/aromatic N) is 1. The number of nitrogens with one attached hydrogen (secondary N) is 1. The highest BCUT2D eigenvalue weighted by atomic mass is 79.9. The molecule has 2 aromatic rings. The molecule has 0 saturated heterocycles. The number of benzene rings is 1. The van der Waals surface area contributed by atoms with Crippen LogP contribution in [-0.2, 0) is 6.54 Å². The fourth-order valence-corrected chi connectivity index (χ4v) is 2.36. The van der Waals surface area contributed by atoms with E-state index in [1.54, 1.807) is 0 Å². The van der Waals surface area contributed by atoms with Gasteiger partial charge >= 0.3 is 0 Å². The molecule has 94 valence electrons. The van der Waals surface area contributed by atoms with Crippen molar-refractivity contribution >= 4 is 31.9 Å². The van der Waals surface area contributed by atoms with Gasteiger partial charge in [-0.2, -0.15) is 0 Å². The second-order valence-electron chi connectivity index (χ2n) is 4.13. The number of hydrogen-bond donors (Lipinski definition) is 1. The second kappa shape index (κ2) is 6.45. The second-order valence-corrected chi connectivity index (χ2v) is 5.84. The summed E-state index contributed by atoms with van der Waals surface area (Å²) in [5.41, 5.74) is 2.51. The van der Waals surface area contributed by atoms with Crippen LogP contribution in [0.5, 0.6) is 0 Å². The fourth-order valence-electron chi connectivity index (χ4n) is 1.69. The van der Waals surface area contributed by atoms with Crippen molar-refractivity contribution in [2.75, 3.05) is 0 Å². The van der Waals surface area contributed by atoms with Crippen LogP contribution in [0.15, 0.2) is 51.7 Å². The molecule has 1 aromatic heterocycles. The third kappa shape index (κ3) is 3.64. The van der Waals surface area contributed by atoms with Crippen LogP contribution in [0.1, 0.15) is 24.1 Å². The summed E-state index contributed by atoms with van der Waals surface area (Å²) in [5, 5.41) is 3.50. The van der Waals surface area contributed by atoms with Gasteiger partial charge in [0.05, 0.1) is 0 Å². The van der Waals surface area contributed by atoms with Crippen LogP contribution in [0.4, 0.5) is 0 Å². The molecule has 1 heterocycles. The quantitative estimate of drug-likeness (QED) is 0.860. The molecule has 0 saturated carbocycles. The average Bonchev–Trinajstić information content (AvgIpc) is 2.41. The van der Waals surface area contributed by atoms with Gasteiger partial charge in [-0.15, -0.1) is 0 Å². The van der Waals surface area contributed by atoms with Crippen molar-refractivity contribution in [3.05, 3.63) is 62.8 Å². The third-order valence-electron chi connectivity index (χ3n) is 2.80. The Morgan fingerprint density at radius 1 is 1.11 bits per heavy atom. The van der Waals surface area contributed by atoms with Crippen LogP contribution in [0.2, 0.25) is 0 Å². The molecule has 0 aliphatic rings. The largest absolute Gasteiger partial charge is 0.306 e. The molecule has 2 nitrogen and oxygen atoms in total. The Morgan fingerprint density at radius 3 is 2.50 bits per heavy atom. The van der Waals surface area contributed by atoms with Crippen LogP contribution >= 0.6 is 31.9 Å². The molecular formula is C14H14Br2N2. The average molecular weight is 370 g/mol. The van der Waals surface area contributed by atoms with Gasteiger partial charge in [-0.25, -0.2) is 0 Å². The maximum absolute atomic E-state index is 4.03. The van der Waals surface area contributed by atoms with Crippen molar-refractivity contribution in [1.82, 2.24) is 10.3 Å². The van der Waals surface area contributed by atoms with Gasteiger partial charge in [0, 0.05) is 33.9 Å². The summed E-state index contributed by atoms with van der Waals surface area (Å²) in [6.07, 6.45) is 3.65. The van der Waals surface area contributed by atoms with E-state index in [0.29, 0.717) is 6.04 Å². The van der Waals surface area contributed by atoms with E-state index in [-0.39, 0.29) is 0 Å². The van der Waals surface area contributed by atoms with E-state index in [4.69, 9.17) is 0 Å². The lowest BCUT2D eigenvalue weighted by atomic mass is 10.1. The van der Waals surface area contributed by atoms with E-state index >= 15 is 0 Å². The Morgan fingerprint density at radius 2 is 1.83 bits per heavy atom. The zero-order chi connectivity index (χ0) is 13.0. The number of pyridine rings is 1. The van der Waals surface area contributed by atoms with E-state index < -0.39 is 0 Å². The predicted molar refractivity (Wildman–Crippen MR) is 81.3 cm³/mol. The van der Waals surface area contributed by atoms with Gasteiger partial charge in [-0.05, 0) is 74.2 Å². The van der Waals surface area contributed by atoms with Crippen molar-refractivity contribution in [2.45, 2.75) is 19.5 Å². The topological polar surface area (TPSA) is 24.9 Å². The highest BCUT2D eigenvalue weighted by Crippen LogP contribution is 2.24. The molecule has 1 aromatic carbocycles. The predicted octanol–water partition coefficient (Wildman–Crippen LogP) is 4.46. The van der Waals surface area contributed by atoms with E-state index in [9.17, 15) is 0 Å². The van der Waals surface area contributed by atoms with E-state index in [1.807, 2.05) is 24.5 Å². The molecule has 0 spiro atoms. The summed E-state index contributed by atoms with van der Waals surface area (Å²) < 4.78 is 2.16. The highest BCUT2D eigenvalue weighted by Gasteiger charge is 2.05. The van der Waals surface area contributed by atoms with Gasteiger partial charge in [0.1, 0.15) is 0 Å². The van der Waals surface area contributed by atoms with Gasteiger partial charge < -0.3 is 5.32 Å². The van der Waals surface area contributed by atoms with Gasteiger partial charge in [-0.1, -0.05) is 6.07 Å². The van der Waals surface area contributed by atoms with Gasteiger partial charge in [-0.3, -0.25) is 4.98 Å². The molecule has 0 aliphatic carbocycles. The van der Waals surface area contributed by atoms with Crippen LogP contribution in [0, 0.1) is 0 Å². The Hall–Kier alpha value is -0.710. The number of hydrogen-bond acceptors (Lipinski definition) is 2. The lowest BCUT2D eigenvalue weighted by Crippen LogP contribution is -2.18. The number of halogens is 2. The molecule has 18 heavy (non-hydrogen) atoms. The molecule has 1 N–H and O–H groups in total. The summed E-state index contributed by atoms with van der Waals surface area (Å²) in [5.74, 6) is 0. The summed E-state index contributed by atoms with van der Waals surface area (Å²) >= 11 is 6.99. The van der Waals surface area contributed by atoms with E-state index in [1.165, 1.54) is 11.1 Å². The maximum Gasteiger partial charge on any atom is 0.0320 e. The Balaban J connectivity index is 1.97. The van der Waals surface area contributed by atoms with Crippen LogP contribution in [0.25, 0.3) is 0 Å². The highest BCUT2D eigenvalue weighted by molar-refractivity contribution is 9.13. The minimum absolute atomic E-state index is 0.315. The Bertz CT molecular complexity index is 514. The SMILES string of the molecule is CC(NCc1ccc(Br)c(Br)c1)c1ccncc1. The van der Waals surface area contributed by atoms with Crippen LogP contribution in [0.3, 0.4) is 0 Å². The molecular weight excluding hydrogens is 356 g/mol. The fraction of sp³-hybridized carbons (Fsp3) is 0.214. The first-order valence-corrected chi connectivity index (χ1v) is 7.32. The van der Waals surface area contributed by atoms with Crippen molar-refractivity contribution < 1.29 is 0 Å². The van der Waals surface area contributed by atoms with Crippen molar-refractivity contribution in [3.63, 3.8) is 0 Å². The molecule has 0 radical (unpaired) electrons. The standard InChI is InChI=1S/C14H14Br2N2/c1-10(12-4-6-17-7-5-12)18-9-11-2-3-13(15)14(16)8-11/h2-8,10,18H,9H2,1H3. The van der Waals surface area contributed by atoms with Crippen molar-refractivity contribution in [3.8, 4) is 0 Å². The number of aromatic nitrogens is 1. The van der Waals surface area contributed by atoms with Crippen LogP contribution < -0.4 is 5.32 Å². The van der Waals surface area contributed by atoms with Crippen LogP contribution in [-0.4, -0.2) is 4.98 Å². The molecule has 4 heteroatoms. The lowest BCUT2D eigenvalue weighted by molar-refractivity contribution is 0.574. The molecule has 0 fully saturated rings. The van der Waals surface area contributed by atoms with Gasteiger partial charge in [0.2, 0.25) is 0 Å².